The molecule has 0 unspecified atom stereocenters. The van der Waals surface area contributed by atoms with Crippen molar-refractivity contribution in [3.05, 3.63) is 63.7 Å². The van der Waals surface area contributed by atoms with Crippen molar-refractivity contribution in [3.63, 3.8) is 0 Å². The molecule has 2 aliphatic rings. The standard InChI is InChI=1S/C22H24N4O3/c1-22(2)14-20(19-13-16(15-23)3-8-21(19)29-22)25-11-9-24(10-12-25)17-4-6-18(7-5-17)26(27)28/h3-8,13,20H,9-12,14H2,1-2H3/t20-/m0/s1. The summed E-state index contributed by atoms with van der Waals surface area (Å²) < 4.78 is 6.16. The third-order valence-electron chi connectivity index (χ3n) is 5.75. The van der Waals surface area contributed by atoms with Gasteiger partial charge in [0.05, 0.1) is 16.6 Å². The van der Waals surface area contributed by atoms with Gasteiger partial charge in [0, 0.05) is 62.0 Å². The number of benzene rings is 2. The summed E-state index contributed by atoms with van der Waals surface area (Å²) in [4.78, 5) is 15.2. The summed E-state index contributed by atoms with van der Waals surface area (Å²) in [5.74, 6) is 0.864. The number of non-ortho nitro benzene ring substituents is 1. The van der Waals surface area contributed by atoms with Gasteiger partial charge in [0.25, 0.3) is 5.69 Å². The molecule has 2 aromatic carbocycles. The first-order valence-corrected chi connectivity index (χ1v) is 9.83. The van der Waals surface area contributed by atoms with Crippen LogP contribution in [0.5, 0.6) is 5.75 Å². The number of rotatable bonds is 3. The number of hydrogen-bond donors (Lipinski definition) is 0. The molecule has 0 aliphatic carbocycles. The van der Waals surface area contributed by atoms with E-state index in [0.29, 0.717) is 5.56 Å². The van der Waals surface area contributed by atoms with Gasteiger partial charge in [-0.1, -0.05) is 0 Å². The Labute approximate surface area is 170 Å². The Balaban J connectivity index is 1.51. The number of piperazine rings is 1. The van der Waals surface area contributed by atoms with E-state index in [0.717, 1.165) is 49.6 Å². The highest BCUT2D eigenvalue weighted by Crippen LogP contribution is 2.43. The number of fused-ring (bicyclic) bond motifs is 1. The van der Waals surface area contributed by atoms with E-state index in [9.17, 15) is 15.4 Å². The van der Waals surface area contributed by atoms with Crippen molar-refractivity contribution in [2.75, 3.05) is 31.1 Å². The molecule has 0 aromatic heterocycles. The minimum absolute atomic E-state index is 0.113. The Hall–Kier alpha value is -3.11. The van der Waals surface area contributed by atoms with Gasteiger partial charge in [-0.15, -0.1) is 0 Å². The second-order valence-electron chi connectivity index (χ2n) is 8.24. The lowest BCUT2D eigenvalue weighted by Gasteiger charge is -2.46. The molecule has 0 spiro atoms. The van der Waals surface area contributed by atoms with Crippen LogP contribution >= 0.6 is 0 Å². The molecular weight excluding hydrogens is 368 g/mol. The molecule has 0 bridgehead atoms. The van der Waals surface area contributed by atoms with Gasteiger partial charge in [0.2, 0.25) is 0 Å². The second-order valence-corrected chi connectivity index (χ2v) is 8.24. The number of nitriles is 1. The molecule has 1 saturated heterocycles. The molecule has 7 heteroatoms. The Kier molecular flexibility index (Phi) is 4.89. The van der Waals surface area contributed by atoms with Crippen LogP contribution in [0, 0.1) is 21.4 Å². The van der Waals surface area contributed by atoms with Crippen molar-refractivity contribution in [1.82, 2.24) is 4.90 Å². The predicted molar refractivity (Wildman–Crippen MR) is 110 cm³/mol. The van der Waals surface area contributed by atoms with Gasteiger partial charge in [0.1, 0.15) is 11.4 Å². The summed E-state index contributed by atoms with van der Waals surface area (Å²) in [6.07, 6.45) is 0.867. The minimum atomic E-state index is -0.373. The number of nitro groups is 1. The van der Waals surface area contributed by atoms with E-state index in [1.807, 2.05) is 30.3 Å². The molecule has 4 rings (SSSR count). The first-order chi connectivity index (χ1) is 13.9. The largest absolute Gasteiger partial charge is 0.487 e. The van der Waals surface area contributed by atoms with Crippen LogP contribution in [0.25, 0.3) is 0 Å². The van der Waals surface area contributed by atoms with E-state index < -0.39 is 0 Å². The van der Waals surface area contributed by atoms with Gasteiger partial charge >= 0.3 is 0 Å². The Morgan fingerprint density at radius 1 is 1.14 bits per heavy atom. The lowest BCUT2D eigenvalue weighted by atomic mass is 9.87. The zero-order valence-electron chi connectivity index (χ0n) is 16.7. The van der Waals surface area contributed by atoms with Crippen molar-refractivity contribution in [1.29, 1.82) is 5.26 Å². The van der Waals surface area contributed by atoms with Crippen LogP contribution in [-0.4, -0.2) is 41.6 Å². The maximum atomic E-state index is 10.9. The summed E-state index contributed by atoms with van der Waals surface area (Å²) in [6, 6.07) is 14.9. The van der Waals surface area contributed by atoms with E-state index >= 15 is 0 Å². The maximum absolute atomic E-state index is 10.9. The zero-order chi connectivity index (χ0) is 20.6. The molecular formula is C22H24N4O3. The smallest absolute Gasteiger partial charge is 0.269 e. The molecule has 7 nitrogen and oxygen atoms in total. The highest BCUT2D eigenvalue weighted by Gasteiger charge is 2.38. The predicted octanol–water partition coefficient (Wildman–Crippen LogP) is 3.89. The Bertz CT molecular complexity index is 957. The lowest BCUT2D eigenvalue weighted by molar-refractivity contribution is -0.384. The number of nitrogens with zero attached hydrogens (tertiary/aromatic N) is 4. The quantitative estimate of drug-likeness (QED) is 0.582. The average Bonchev–Trinajstić information content (AvgIpc) is 2.72. The SMILES string of the molecule is CC1(C)C[C@H](N2CCN(c3ccc([N+](=O)[O-])cc3)CC2)c2cc(C#N)ccc2O1. The summed E-state index contributed by atoms with van der Waals surface area (Å²) in [6.45, 7) is 7.68. The van der Waals surface area contributed by atoms with Gasteiger partial charge in [-0.25, -0.2) is 0 Å². The molecule has 150 valence electrons. The summed E-state index contributed by atoms with van der Waals surface area (Å²) in [5.41, 5.74) is 2.60. The van der Waals surface area contributed by atoms with Gasteiger partial charge in [-0.3, -0.25) is 15.0 Å². The minimum Gasteiger partial charge on any atom is -0.487 e. The third kappa shape index (κ3) is 3.89. The van der Waals surface area contributed by atoms with E-state index in [2.05, 4.69) is 29.7 Å². The Morgan fingerprint density at radius 3 is 2.45 bits per heavy atom. The fourth-order valence-corrected chi connectivity index (χ4v) is 4.29. The van der Waals surface area contributed by atoms with Crippen molar-refractivity contribution in [2.24, 2.45) is 0 Å². The number of ether oxygens (including phenoxy) is 1. The lowest BCUT2D eigenvalue weighted by Crippen LogP contribution is -2.50. The molecule has 0 amide bonds. The van der Waals surface area contributed by atoms with E-state index in [1.54, 1.807) is 12.1 Å². The van der Waals surface area contributed by atoms with Crippen LogP contribution in [0.4, 0.5) is 11.4 Å². The first-order valence-electron chi connectivity index (χ1n) is 9.83. The summed E-state index contributed by atoms with van der Waals surface area (Å²) in [7, 11) is 0. The molecule has 0 radical (unpaired) electrons. The molecule has 2 aliphatic heterocycles. The van der Waals surface area contributed by atoms with Crippen LogP contribution in [0.15, 0.2) is 42.5 Å². The molecule has 2 aromatic rings. The van der Waals surface area contributed by atoms with Crippen molar-refractivity contribution < 1.29 is 9.66 Å². The van der Waals surface area contributed by atoms with Crippen molar-refractivity contribution >= 4 is 11.4 Å². The maximum Gasteiger partial charge on any atom is 0.269 e. The van der Waals surface area contributed by atoms with Gasteiger partial charge < -0.3 is 9.64 Å². The fourth-order valence-electron chi connectivity index (χ4n) is 4.29. The molecule has 1 fully saturated rings. The highest BCUT2D eigenvalue weighted by molar-refractivity contribution is 5.51. The summed E-state index contributed by atoms with van der Waals surface area (Å²) in [5, 5.41) is 20.2. The van der Waals surface area contributed by atoms with Crippen LogP contribution < -0.4 is 9.64 Å². The second kappa shape index (κ2) is 7.37. The van der Waals surface area contributed by atoms with Crippen molar-refractivity contribution in [2.45, 2.75) is 31.9 Å². The fraction of sp³-hybridized carbons (Fsp3) is 0.409. The van der Waals surface area contributed by atoms with Gasteiger partial charge in [-0.2, -0.15) is 5.26 Å². The number of hydrogen-bond acceptors (Lipinski definition) is 6. The highest BCUT2D eigenvalue weighted by atomic mass is 16.6. The van der Waals surface area contributed by atoms with Crippen LogP contribution in [0.2, 0.25) is 0 Å². The monoisotopic (exact) mass is 392 g/mol. The topological polar surface area (TPSA) is 82.6 Å². The normalized spacial score (nSPS) is 21.0. The third-order valence-corrected chi connectivity index (χ3v) is 5.75. The van der Waals surface area contributed by atoms with E-state index in [-0.39, 0.29) is 22.3 Å². The summed E-state index contributed by atoms with van der Waals surface area (Å²) >= 11 is 0. The number of anilines is 1. The van der Waals surface area contributed by atoms with Crippen LogP contribution in [0.1, 0.15) is 37.4 Å². The average molecular weight is 392 g/mol. The van der Waals surface area contributed by atoms with E-state index in [4.69, 9.17) is 4.74 Å². The van der Waals surface area contributed by atoms with Crippen molar-refractivity contribution in [3.8, 4) is 11.8 Å². The molecule has 2 heterocycles. The Morgan fingerprint density at radius 2 is 1.83 bits per heavy atom. The molecule has 1 atom stereocenters. The van der Waals surface area contributed by atoms with Gasteiger partial charge in [0.15, 0.2) is 0 Å². The van der Waals surface area contributed by atoms with Crippen LogP contribution in [0.3, 0.4) is 0 Å². The molecule has 0 N–H and O–H groups in total. The van der Waals surface area contributed by atoms with E-state index in [1.165, 1.54) is 0 Å². The zero-order valence-corrected chi connectivity index (χ0v) is 16.7. The molecule has 0 saturated carbocycles. The van der Waals surface area contributed by atoms with Gasteiger partial charge in [-0.05, 0) is 44.2 Å². The van der Waals surface area contributed by atoms with Crippen LogP contribution in [-0.2, 0) is 0 Å². The first kappa shape index (κ1) is 19.2. The number of nitro benzene ring substituents is 1. The molecule has 29 heavy (non-hydrogen) atoms.